The summed E-state index contributed by atoms with van der Waals surface area (Å²) < 4.78 is 11.0. The second kappa shape index (κ2) is 13.3. The SMILES string of the molecule is CCNC(=NCc1ccc(OCC)c(C)c1)NCC(C)(O)CN1CCOCC1.I. The van der Waals surface area contributed by atoms with Crippen LogP contribution in [0.15, 0.2) is 23.2 Å². The number of β-amino-alcohol motifs (C(OH)–C–C–N with tert-alkyl or cyclic N) is 1. The highest BCUT2D eigenvalue weighted by Gasteiger charge is 2.25. The molecule has 0 amide bonds. The smallest absolute Gasteiger partial charge is 0.191 e. The van der Waals surface area contributed by atoms with E-state index in [2.05, 4.69) is 26.6 Å². The zero-order valence-corrected chi connectivity index (χ0v) is 20.5. The van der Waals surface area contributed by atoms with Gasteiger partial charge in [0.2, 0.25) is 0 Å². The molecular weight excluding hydrogens is 483 g/mol. The van der Waals surface area contributed by atoms with E-state index in [1.807, 2.05) is 39.8 Å². The van der Waals surface area contributed by atoms with E-state index in [1.54, 1.807) is 0 Å². The van der Waals surface area contributed by atoms with Crippen LogP contribution in [0.1, 0.15) is 31.9 Å². The fourth-order valence-electron chi connectivity index (χ4n) is 3.21. The summed E-state index contributed by atoms with van der Waals surface area (Å²) in [6, 6.07) is 6.14. The standard InChI is InChI=1S/C21H36N4O3.HI/c1-5-22-20(23-14-18-7-8-19(28-6-2)17(3)13-18)24-15-21(4,26)16-25-9-11-27-12-10-25;/h7-8,13,26H,5-6,9-12,14-16H2,1-4H3,(H2,22,23,24);1H. The number of morpholine rings is 1. The third-order valence-corrected chi connectivity index (χ3v) is 4.61. The molecule has 1 saturated heterocycles. The Morgan fingerprint density at radius 3 is 2.62 bits per heavy atom. The lowest BCUT2D eigenvalue weighted by atomic mass is 10.1. The van der Waals surface area contributed by atoms with E-state index in [0.29, 0.717) is 32.2 Å². The summed E-state index contributed by atoms with van der Waals surface area (Å²) in [6.45, 7) is 14.1. The Bertz CT molecular complexity index is 634. The maximum Gasteiger partial charge on any atom is 0.191 e. The minimum Gasteiger partial charge on any atom is -0.494 e. The van der Waals surface area contributed by atoms with Crippen molar-refractivity contribution in [1.29, 1.82) is 0 Å². The van der Waals surface area contributed by atoms with Crippen molar-refractivity contribution in [1.82, 2.24) is 15.5 Å². The number of halogens is 1. The first-order valence-electron chi connectivity index (χ1n) is 10.2. The summed E-state index contributed by atoms with van der Waals surface area (Å²) in [5.74, 6) is 1.62. The molecule has 29 heavy (non-hydrogen) atoms. The Morgan fingerprint density at radius 1 is 1.28 bits per heavy atom. The van der Waals surface area contributed by atoms with Gasteiger partial charge in [-0.25, -0.2) is 4.99 Å². The van der Waals surface area contributed by atoms with Gasteiger partial charge >= 0.3 is 0 Å². The molecule has 1 fully saturated rings. The van der Waals surface area contributed by atoms with Gasteiger partial charge < -0.3 is 25.2 Å². The number of aliphatic hydroxyl groups is 1. The van der Waals surface area contributed by atoms with Crippen molar-refractivity contribution in [3.05, 3.63) is 29.3 Å². The van der Waals surface area contributed by atoms with Crippen molar-refractivity contribution in [3.8, 4) is 5.75 Å². The van der Waals surface area contributed by atoms with Crippen LogP contribution in [0.2, 0.25) is 0 Å². The first kappa shape index (κ1) is 25.9. The molecule has 3 N–H and O–H groups in total. The predicted octanol–water partition coefficient (Wildman–Crippen LogP) is 2.15. The van der Waals surface area contributed by atoms with Crippen LogP contribution in [0, 0.1) is 6.92 Å². The van der Waals surface area contributed by atoms with Crippen molar-refractivity contribution in [2.24, 2.45) is 4.99 Å². The van der Waals surface area contributed by atoms with Crippen LogP contribution < -0.4 is 15.4 Å². The second-order valence-electron chi connectivity index (χ2n) is 7.47. The molecule has 0 radical (unpaired) electrons. The number of guanidine groups is 1. The molecule has 2 rings (SSSR count). The first-order chi connectivity index (χ1) is 13.4. The van der Waals surface area contributed by atoms with Gasteiger partial charge in [-0.1, -0.05) is 12.1 Å². The van der Waals surface area contributed by atoms with Gasteiger partial charge in [0.25, 0.3) is 0 Å². The molecular formula is C21H37IN4O3. The van der Waals surface area contributed by atoms with Crippen LogP contribution in [-0.2, 0) is 11.3 Å². The van der Waals surface area contributed by atoms with E-state index in [9.17, 15) is 5.11 Å². The van der Waals surface area contributed by atoms with Crippen LogP contribution in [0.4, 0.5) is 0 Å². The Hall–Kier alpha value is -1.10. The molecule has 1 aliphatic heterocycles. The second-order valence-corrected chi connectivity index (χ2v) is 7.47. The van der Waals surface area contributed by atoms with E-state index in [0.717, 1.165) is 49.7 Å². The van der Waals surface area contributed by atoms with Gasteiger partial charge in [-0.3, -0.25) is 4.90 Å². The molecule has 1 unspecified atom stereocenters. The number of benzene rings is 1. The summed E-state index contributed by atoms with van der Waals surface area (Å²) in [5, 5.41) is 17.3. The molecule has 8 heteroatoms. The lowest BCUT2D eigenvalue weighted by molar-refractivity contribution is -0.0201. The van der Waals surface area contributed by atoms with Crippen molar-refractivity contribution in [2.45, 2.75) is 39.8 Å². The molecule has 1 aromatic carbocycles. The minimum absolute atomic E-state index is 0. The minimum atomic E-state index is -0.844. The van der Waals surface area contributed by atoms with Gasteiger partial charge in [0.15, 0.2) is 5.96 Å². The van der Waals surface area contributed by atoms with Crippen LogP contribution >= 0.6 is 24.0 Å². The molecule has 1 atom stereocenters. The lowest BCUT2D eigenvalue weighted by Gasteiger charge is -2.34. The van der Waals surface area contributed by atoms with Gasteiger partial charge in [-0.05, 0) is 44.9 Å². The monoisotopic (exact) mass is 520 g/mol. The summed E-state index contributed by atoms with van der Waals surface area (Å²) in [6.07, 6.45) is 0. The molecule has 0 saturated carbocycles. The van der Waals surface area contributed by atoms with E-state index < -0.39 is 5.60 Å². The first-order valence-corrected chi connectivity index (χ1v) is 10.2. The maximum absolute atomic E-state index is 10.7. The molecule has 0 aliphatic carbocycles. The normalized spacial score (nSPS) is 17.2. The van der Waals surface area contributed by atoms with Crippen LogP contribution in [0.25, 0.3) is 0 Å². The Morgan fingerprint density at radius 2 is 2.00 bits per heavy atom. The molecule has 1 aliphatic rings. The van der Waals surface area contributed by atoms with Crippen LogP contribution in [-0.4, -0.2) is 74.1 Å². The summed E-state index contributed by atoms with van der Waals surface area (Å²) in [4.78, 5) is 6.89. The van der Waals surface area contributed by atoms with Crippen molar-refractivity contribution < 1.29 is 14.6 Å². The van der Waals surface area contributed by atoms with Gasteiger partial charge in [0, 0.05) is 32.7 Å². The van der Waals surface area contributed by atoms with Crippen LogP contribution in [0.3, 0.4) is 0 Å². The number of aliphatic imine (C=N–C) groups is 1. The molecule has 0 aromatic heterocycles. The van der Waals surface area contributed by atoms with Gasteiger partial charge in [0.05, 0.1) is 32.0 Å². The topological polar surface area (TPSA) is 78.4 Å². The lowest BCUT2D eigenvalue weighted by Crippen LogP contribution is -2.52. The van der Waals surface area contributed by atoms with E-state index in [-0.39, 0.29) is 24.0 Å². The average molecular weight is 520 g/mol. The molecule has 7 nitrogen and oxygen atoms in total. The predicted molar refractivity (Wildman–Crippen MR) is 128 cm³/mol. The Labute approximate surface area is 192 Å². The van der Waals surface area contributed by atoms with Gasteiger partial charge in [-0.15, -0.1) is 24.0 Å². The Balaban J connectivity index is 0.00000420. The van der Waals surface area contributed by atoms with Crippen molar-refractivity contribution >= 4 is 29.9 Å². The molecule has 1 aromatic rings. The van der Waals surface area contributed by atoms with Gasteiger partial charge in [0.1, 0.15) is 5.75 Å². The number of hydrogen-bond acceptors (Lipinski definition) is 5. The fraction of sp³-hybridized carbons (Fsp3) is 0.667. The summed E-state index contributed by atoms with van der Waals surface area (Å²) >= 11 is 0. The molecule has 1 heterocycles. The number of aryl methyl sites for hydroxylation is 1. The van der Waals surface area contributed by atoms with Crippen LogP contribution in [0.5, 0.6) is 5.75 Å². The highest BCUT2D eigenvalue weighted by atomic mass is 127. The fourth-order valence-corrected chi connectivity index (χ4v) is 3.21. The number of rotatable bonds is 9. The Kier molecular flexibility index (Phi) is 11.9. The van der Waals surface area contributed by atoms with E-state index in [1.165, 1.54) is 0 Å². The van der Waals surface area contributed by atoms with E-state index in [4.69, 9.17) is 9.47 Å². The zero-order chi connectivity index (χ0) is 20.4. The molecule has 166 valence electrons. The number of hydrogen-bond donors (Lipinski definition) is 3. The largest absolute Gasteiger partial charge is 0.494 e. The quantitative estimate of drug-likeness (QED) is 0.263. The number of nitrogens with zero attached hydrogens (tertiary/aromatic N) is 2. The zero-order valence-electron chi connectivity index (χ0n) is 18.2. The highest BCUT2D eigenvalue weighted by Crippen LogP contribution is 2.19. The third kappa shape index (κ3) is 9.50. The third-order valence-electron chi connectivity index (χ3n) is 4.61. The molecule has 0 bridgehead atoms. The average Bonchev–Trinajstić information content (AvgIpc) is 2.66. The van der Waals surface area contributed by atoms with Gasteiger partial charge in [-0.2, -0.15) is 0 Å². The van der Waals surface area contributed by atoms with Crippen molar-refractivity contribution in [3.63, 3.8) is 0 Å². The van der Waals surface area contributed by atoms with Crippen molar-refractivity contribution in [2.75, 3.05) is 52.5 Å². The number of nitrogens with one attached hydrogen (secondary N) is 2. The maximum atomic E-state index is 10.7. The summed E-state index contributed by atoms with van der Waals surface area (Å²) in [7, 11) is 0. The summed E-state index contributed by atoms with van der Waals surface area (Å²) in [5.41, 5.74) is 1.39. The number of ether oxygens (including phenoxy) is 2. The highest BCUT2D eigenvalue weighted by molar-refractivity contribution is 14.0. The van der Waals surface area contributed by atoms with E-state index >= 15 is 0 Å². The molecule has 0 spiro atoms.